The molecule has 84 valence electrons. The van der Waals surface area contributed by atoms with Gasteiger partial charge in [-0.25, -0.2) is 0 Å². The van der Waals surface area contributed by atoms with E-state index in [9.17, 15) is 0 Å². The van der Waals surface area contributed by atoms with Crippen molar-refractivity contribution in [3.8, 4) is 6.07 Å². The van der Waals surface area contributed by atoms with Crippen molar-refractivity contribution in [3.63, 3.8) is 0 Å². The van der Waals surface area contributed by atoms with Gasteiger partial charge in [0.05, 0.1) is 12.7 Å². The molecule has 1 fully saturated rings. The molecule has 1 saturated heterocycles. The van der Waals surface area contributed by atoms with Crippen LogP contribution < -0.4 is 0 Å². The van der Waals surface area contributed by atoms with E-state index in [1.54, 1.807) is 0 Å². The summed E-state index contributed by atoms with van der Waals surface area (Å²) < 4.78 is 6.40. The lowest BCUT2D eigenvalue weighted by atomic mass is 10.2. The summed E-state index contributed by atoms with van der Waals surface area (Å²) in [5.74, 6) is 0. The van der Waals surface area contributed by atoms with Gasteiger partial charge in [0.25, 0.3) is 0 Å². The second-order valence-electron chi connectivity index (χ2n) is 3.85. The highest BCUT2D eigenvalue weighted by Crippen LogP contribution is 2.15. The standard InChI is InChI=1S/C12H13BrN2O/c13-11-3-1-2-10(6-11)8-15-4-5-16-12(7-14)9-15/h1-3,6,12H,4-5,8-9H2. The summed E-state index contributed by atoms with van der Waals surface area (Å²) in [5, 5.41) is 8.81. The molecule has 0 saturated carbocycles. The van der Waals surface area contributed by atoms with E-state index in [0.717, 1.165) is 17.6 Å². The van der Waals surface area contributed by atoms with Crippen LogP contribution in [0.4, 0.5) is 0 Å². The van der Waals surface area contributed by atoms with Gasteiger partial charge in [-0.15, -0.1) is 0 Å². The molecule has 16 heavy (non-hydrogen) atoms. The Bertz CT molecular complexity index is 402. The molecule has 3 nitrogen and oxygen atoms in total. The average Bonchev–Trinajstić information content (AvgIpc) is 2.29. The molecule has 4 heteroatoms. The smallest absolute Gasteiger partial charge is 0.156 e. The Morgan fingerprint density at radius 2 is 2.44 bits per heavy atom. The molecule has 1 unspecified atom stereocenters. The minimum Gasteiger partial charge on any atom is -0.361 e. The van der Waals surface area contributed by atoms with E-state index < -0.39 is 0 Å². The van der Waals surface area contributed by atoms with Crippen molar-refractivity contribution in [1.29, 1.82) is 5.26 Å². The summed E-state index contributed by atoms with van der Waals surface area (Å²) in [7, 11) is 0. The van der Waals surface area contributed by atoms with Crippen LogP contribution in [-0.2, 0) is 11.3 Å². The lowest BCUT2D eigenvalue weighted by molar-refractivity contribution is -0.00269. The van der Waals surface area contributed by atoms with Gasteiger partial charge in [-0.1, -0.05) is 28.1 Å². The molecule has 0 amide bonds. The Morgan fingerprint density at radius 3 is 3.19 bits per heavy atom. The predicted octanol–water partition coefficient (Wildman–Crippen LogP) is 2.17. The number of hydrogen-bond donors (Lipinski definition) is 0. The fraction of sp³-hybridized carbons (Fsp3) is 0.417. The molecule has 1 aromatic rings. The second-order valence-corrected chi connectivity index (χ2v) is 4.77. The highest BCUT2D eigenvalue weighted by Gasteiger charge is 2.19. The highest BCUT2D eigenvalue weighted by atomic mass is 79.9. The lowest BCUT2D eigenvalue weighted by Crippen LogP contribution is -2.41. The molecular formula is C12H13BrN2O. The third kappa shape index (κ3) is 3.05. The molecule has 1 atom stereocenters. The van der Waals surface area contributed by atoms with Gasteiger partial charge < -0.3 is 4.74 Å². The van der Waals surface area contributed by atoms with Crippen LogP contribution in [0, 0.1) is 11.3 Å². The summed E-state index contributed by atoms with van der Waals surface area (Å²) in [5.41, 5.74) is 1.26. The average molecular weight is 281 g/mol. The summed E-state index contributed by atoms with van der Waals surface area (Å²) in [6.07, 6.45) is -0.277. The Morgan fingerprint density at radius 1 is 1.56 bits per heavy atom. The van der Waals surface area contributed by atoms with Crippen molar-refractivity contribution >= 4 is 15.9 Å². The fourth-order valence-corrected chi connectivity index (χ4v) is 2.26. The minimum atomic E-state index is -0.277. The Labute approximate surface area is 104 Å². The number of rotatable bonds is 2. The first kappa shape index (κ1) is 11.6. The van der Waals surface area contributed by atoms with Crippen molar-refractivity contribution in [1.82, 2.24) is 4.90 Å². The summed E-state index contributed by atoms with van der Waals surface area (Å²) >= 11 is 3.46. The lowest BCUT2D eigenvalue weighted by Gasteiger charge is -2.29. The molecule has 1 aromatic carbocycles. The zero-order valence-electron chi connectivity index (χ0n) is 8.90. The largest absolute Gasteiger partial charge is 0.361 e. The molecule has 0 N–H and O–H groups in total. The van der Waals surface area contributed by atoms with E-state index in [0.29, 0.717) is 13.2 Å². The van der Waals surface area contributed by atoms with Crippen LogP contribution >= 0.6 is 15.9 Å². The minimum absolute atomic E-state index is 0.277. The third-order valence-electron chi connectivity index (χ3n) is 2.59. The predicted molar refractivity (Wildman–Crippen MR) is 64.8 cm³/mol. The van der Waals surface area contributed by atoms with E-state index in [1.807, 2.05) is 12.1 Å². The second kappa shape index (κ2) is 5.44. The normalized spacial score (nSPS) is 21.6. The zero-order valence-corrected chi connectivity index (χ0v) is 10.5. The fourth-order valence-electron chi connectivity index (χ4n) is 1.82. The first-order valence-corrected chi connectivity index (χ1v) is 6.05. The van der Waals surface area contributed by atoms with Gasteiger partial charge in [-0.05, 0) is 17.7 Å². The monoisotopic (exact) mass is 280 g/mol. The number of nitriles is 1. The van der Waals surface area contributed by atoms with Crippen LogP contribution in [0.5, 0.6) is 0 Å². The van der Waals surface area contributed by atoms with E-state index in [2.05, 4.69) is 39.0 Å². The van der Waals surface area contributed by atoms with Crippen LogP contribution in [-0.4, -0.2) is 30.7 Å². The molecule has 0 aliphatic carbocycles. The van der Waals surface area contributed by atoms with Crippen LogP contribution in [0.1, 0.15) is 5.56 Å². The van der Waals surface area contributed by atoms with Crippen LogP contribution in [0.3, 0.4) is 0 Å². The molecule has 0 radical (unpaired) electrons. The number of hydrogen-bond acceptors (Lipinski definition) is 3. The van der Waals surface area contributed by atoms with Gasteiger partial charge in [0.2, 0.25) is 0 Å². The van der Waals surface area contributed by atoms with Gasteiger partial charge in [-0.3, -0.25) is 4.90 Å². The van der Waals surface area contributed by atoms with Crippen LogP contribution in [0.25, 0.3) is 0 Å². The van der Waals surface area contributed by atoms with Crippen LogP contribution in [0.2, 0.25) is 0 Å². The molecule has 0 spiro atoms. The number of benzene rings is 1. The van der Waals surface area contributed by atoms with E-state index in [-0.39, 0.29) is 6.10 Å². The summed E-state index contributed by atoms with van der Waals surface area (Å²) in [6, 6.07) is 10.4. The number of morpholine rings is 1. The maximum absolute atomic E-state index is 8.81. The van der Waals surface area contributed by atoms with Gasteiger partial charge in [0.1, 0.15) is 0 Å². The summed E-state index contributed by atoms with van der Waals surface area (Å²) in [4.78, 5) is 2.25. The molecule has 1 aliphatic heterocycles. The third-order valence-corrected chi connectivity index (χ3v) is 3.08. The number of halogens is 1. The van der Waals surface area contributed by atoms with Crippen LogP contribution in [0.15, 0.2) is 28.7 Å². The van der Waals surface area contributed by atoms with Gasteiger partial charge in [-0.2, -0.15) is 5.26 Å². The maximum atomic E-state index is 8.81. The van der Waals surface area contributed by atoms with Crippen molar-refractivity contribution in [2.45, 2.75) is 12.6 Å². The number of ether oxygens (including phenoxy) is 1. The zero-order chi connectivity index (χ0) is 11.4. The Hall–Kier alpha value is -0.890. The molecular weight excluding hydrogens is 268 g/mol. The molecule has 0 bridgehead atoms. The molecule has 0 aromatic heterocycles. The molecule has 2 rings (SSSR count). The topological polar surface area (TPSA) is 36.3 Å². The molecule has 1 aliphatic rings. The SMILES string of the molecule is N#CC1CN(Cc2cccc(Br)c2)CCO1. The number of nitrogens with zero attached hydrogens (tertiary/aromatic N) is 2. The molecule has 1 heterocycles. The van der Waals surface area contributed by atoms with E-state index in [4.69, 9.17) is 10.00 Å². The van der Waals surface area contributed by atoms with E-state index >= 15 is 0 Å². The van der Waals surface area contributed by atoms with Crippen molar-refractivity contribution in [2.75, 3.05) is 19.7 Å². The van der Waals surface area contributed by atoms with Crippen molar-refractivity contribution < 1.29 is 4.74 Å². The van der Waals surface area contributed by atoms with Gasteiger partial charge >= 0.3 is 0 Å². The first-order chi connectivity index (χ1) is 7.78. The first-order valence-electron chi connectivity index (χ1n) is 5.26. The van der Waals surface area contributed by atoms with Crippen molar-refractivity contribution in [3.05, 3.63) is 34.3 Å². The Balaban J connectivity index is 1.97. The maximum Gasteiger partial charge on any atom is 0.156 e. The van der Waals surface area contributed by atoms with Gasteiger partial charge in [0.15, 0.2) is 6.10 Å². The highest BCUT2D eigenvalue weighted by molar-refractivity contribution is 9.10. The Kier molecular flexibility index (Phi) is 3.94. The quantitative estimate of drug-likeness (QED) is 0.833. The van der Waals surface area contributed by atoms with Gasteiger partial charge in [0, 0.05) is 24.1 Å². The van der Waals surface area contributed by atoms with E-state index in [1.165, 1.54) is 5.56 Å². The summed E-state index contributed by atoms with van der Waals surface area (Å²) in [6.45, 7) is 3.11. The van der Waals surface area contributed by atoms with Crippen molar-refractivity contribution in [2.24, 2.45) is 0 Å².